The number of amides is 1. The van der Waals surface area contributed by atoms with E-state index in [0.29, 0.717) is 13.0 Å². The van der Waals surface area contributed by atoms with Gasteiger partial charge in [-0.3, -0.25) is 0 Å². The summed E-state index contributed by atoms with van der Waals surface area (Å²) in [7, 11) is -3.52. The molecule has 1 saturated heterocycles. The molecule has 3 aromatic carbocycles. The van der Waals surface area contributed by atoms with Crippen LogP contribution in [0.2, 0.25) is 0 Å². The average Bonchev–Trinajstić information content (AvgIpc) is 3.54. The van der Waals surface area contributed by atoms with Crippen LogP contribution in [-0.2, 0) is 27.6 Å². The monoisotopic (exact) mass is 500 g/mol. The molecule has 1 aliphatic heterocycles. The Balaban J connectivity index is 1.30. The van der Waals surface area contributed by atoms with Crippen molar-refractivity contribution < 1.29 is 17.9 Å². The first kappa shape index (κ1) is 23.9. The van der Waals surface area contributed by atoms with E-state index in [-0.39, 0.29) is 23.6 Å². The molecule has 4 aromatic rings. The average molecular weight is 501 g/mol. The smallest absolute Gasteiger partial charge is 0.410 e. The van der Waals surface area contributed by atoms with E-state index in [4.69, 9.17) is 4.74 Å². The number of hydrogen-bond donors (Lipinski definition) is 1. The summed E-state index contributed by atoms with van der Waals surface area (Å²) < 4.78 is 30.8. The second kappa shape index (κ2) is 10.4. The molecule has 0 bridgehead atoms. The number of nitrogens with zero attached hydrogens (tertiary/aromatic N) is 1. The van der Waals surface area contributed by atoms with Gasteiger partial charge >= 0.3 is 6.09 Å². The molecular weight excluding hydrogens is 472 g/mol. The van der Waals surface area contributed by atoms with E-state index in [1.165, 1.54) is 5.41 Å². The quantitative estimate of drug-likeness (QED) is 0.340. The summed E-state index contributed by atoms with van der Waals surface area (Å²) in [5.41, 5.74) is 3.84. The van der Waals surface area contributed by atoms with Crippen molar-refractivity contribution >= 4 is 32.9 Å². The fraction of sp³-hybridized carbons (Fsp3) is 0.207. The predicted octanol–water partition coefficient (Wildman–Crippen LogP) is 5.96. The summed E-state index contributed by atoms with van der Waals surface area (Å²) in [6, 6.07) is 24.0. The number of aromatic nitrogens is 1. The first-order valence-corrected chi connectivity index (χ1v) is 13.6. The van der Waals surface area contributed by atoms with Crippen molar-refractivity contribution in [1.29, 1.82) is 0 Å². The molecule has 1 unspecified atom stereocenters. The lowest BCUT2D eigenvalue weighted by Gasteiger charge is -2.24. The fourth-order valence-electron chi connectivity index (χ4n) is 4.67. The number of hydrogen-bond acceptors (Lipinski definition) is 4. The zero-order chi connectivity index (χ0) is 25.0. The van der Waals surface area contributed by atoms with Gasteiger partial charge in [0, 0.05) is 35.1 Å². The molecule has 1 amide bonds. The van der Waals surface area contributed by atoms with Crippen LogP contribution in [0, 0.1) is 0 Å². The van der Waals surface area contributed by atoms with Gasteiger partial charge in [0.15, 0.2) is 9.84 Å². The van der Waals surface area contributed by atoms with Crippen LogP contribution in [0.1, 0.15) is 29.5 Å². The maximum Gasteiger partial charge on any atom is 0.410 e. The molecule has 1 fully saturated rings. The molecule has 1 aromatic heterocycles. The number of rotatable bonds is 7. The zero-order valence-corrected chi connectivity index (χ0v) is 20.7. The lowest BCUT2D eigenvalue weighted by atomic mass is 10.0. The summed E-state index contributed by atoms with van der Waals surface area (Å²) in [5, 5.41) is 2.27. The molecule has 0 saturated carbocycles. The van der Waals surface area contributed by atoms with Crippen molar-refractivity contribution in [1.82, 2.24) is 9.88 Å². The summed E-state index contributed by atoms with van der Waals surface area (Å²) in [4.78, 5) is 18.2. The van der Waals surface area contributed by atoms with Crippen molar-refractivity contribution in [3.63, 3.8) is 0 Å². The van der Waals surface area contributed by atoms with E-state index < -0.39 is 9.84 Å². The number of benzene rings is 3. The van der Waals surface area contributed by atoms with Gasteiger partial charge in [0.2, 0.25) is 0 Å². The topological polar surface area (TPSA) is 79.5 Å². The highest BCUT2D eigenvalue weighted by Gasteiger charge is 2.30. The Kier molecular flexibility index (Phi) is 6.91. The molecule has 0 aliphatic carbocycles. The van der Waals surface area contributed by atoms with E-state index in [2.05, 4.69) is 4.98 Å². The van der Waals surface area contributed by atoms with Crippen molar-refractivity contribution in [3.8, 4) is 0 Å². The third-order valence-electron chi connectivity index (χ3n) is 6.58. The number of carbonyl (C=O) groups is 1. The number of aromatic amines is 1. The second-order valence-corrected chi connectivity index (χ2v) is 10.8. The fourth-order valence-corrected chi connectivity index (χ4v) is 5.70. The summed E-state index contributed by atoms with van der Waals surface area (Å²) in [6.45, 7) is 0.948. The molecule has 1 aliphatic rings. The van der Waals surface area contributed by atoms with Crippen LogP contribution in [0.15, 0.2) is 95.4 Å². The highest BCUT2D eigenvalue weighted by molar-refractivity contribution is 7.94. The zero-order valence-electron chi connectivity index (χ0n) is 19.8. The number of ether oxygens (including phenoxy) is 1. The van der Waals surface area contributed by atoms with Gasteiger partial charge in [0.25, 0.3) is 0 Å². The SMILES string of the molecule is O=C(OCc1ccccc1)N1CCCC1Cc1c[nH]c2ccc(C=CS(=O)(=O)c3ccccc3)cc12. The van der Waals surface area contributed by atoms with Crippen LogP contribution in [0.4, 0.5) is 4.79 Å². The Labute approximate surface area is 211 Å². The maximum absolute atomic E-state index is 12.8. The highest BCUT2D eigenvalue weighted by Crippen LogP contribution is 2.27. The Hall–Kier alpha value is -3.84. The number of carbonyl (C=O) groups excluding carboxylic acids is 1. The van der Waals surface area contributed by atoms with Gasteiger partial charge in [-0.05, 0) is 66.3 Å². The number of likely N-dealkylation sites (tertiary alicyclic amines) is 1. The maximum atomic E-state index is 12.8. The molecule has 36 heavy (non-hydrogen) atoms. The minimum atomic E-state index is -3.52. The Morgan fingerprint density at radius 1 is 1.03 bits per heavy atom. The molecule has 7 heteroatoms. The standard InChI is InChI=1S/C29H28N2O4S/c32-29(35-21-23-8-3-1-4-9-23)31-16-7-10-25(31)19-24-20-30-28-14-13-22(18-27(24)28)15-17-36(33,34)26-11-5-2-6-12-26/h1-6,8-9,11-15,17-18,20,25,30H,7,10,16,19,21H2. The lowest BCUT2D eigenvalue weighted by Crippen LogP contribution is -2.37. The minimum Gasteiger partial charge on any atom is -0.445 e. The summed E-state index contributed by atoms with van der Waals surface area (Å²) >= 11 is 0. The van der Waals surface area contributed by atoms with Crippen molar-refractivity contribution in [2.24, 2.45) is 0 Å². The van der Waals surface area contributed by atoms with Gasteiger partial charge in [-0.2, -0.15) is 0 Å². The predicted molar refractivity (Wildman–Crippen MR) is 141 cm³/mol. The largest absolute Gasteiger partial charge is 0.445 e. The molecule has 1 atom stereocenters. The third kappa shape index (κ3) is 5.36. The Morgan fingerprint density at radius 3 is 2.56 bits per heavy atom. The van der Waals surface area contributed by atoms with Crippen LogP contribution in [0.25, 0.3) is 17.0 Å². The van der Waals surface area contributed by atoms with Crippen LogP contribution in [0.3, 0.4) is 0 Å². The molecule has 0 radical (unpaired) electrons. The number of nitrogens with one attached hydrogen (secondary N) is 1. The molecular formula is C29H28N2O4S. The van der Waals surface area contributed by atoms with Gasteiger partial charge in [-0.15, -0.1) is 0 Å². The van der Waals surface area contributed by atoms with Crippen LogP contribution in [0.5, 0.6) is 0 Å². The Morgan fingerprint density at radius 2 is 1.78 bits per heavy atom. The third-order valence-corrected chi connectivity index (χ3v) is 8.00. The van der Waals surface area contributed by atoms with E-state index in [1.54, 1.807) is 36.4 Å². The molecule has 184 valence electrons. The Bertz CT molecular complexity index is 1480. The molecule has 1 N–H and O–H groups in total. The second-order valence-electron chi connectivity index (χ2n) is 9.01. The number of fused-ring (bicyclic) bond motifs is 1. The molecule has 2 heterocycles. The summed E-state index contributed by atoms with van der Waals surface area (Å²) in [5.74, 6) is 0. The van der Waals surface area contributed by atoms with E-state index in [9.17, 15) is 13.2 Å². The molecule has 5 rings (SSSR count). The van der Waals surface area contributed by atoms with Gasteiger partial charge in [0.05, 0.1) is 4.90 Å². The van der Waals surface area contributed by atoms with Crippen LogP contribution in [-0.4, -0.2) is 37.0 Å². The minimum absolute atomic E-state index is 0.0601. The van der Waals surface area contributed by atoms with Crippen molar-refractivity contribution in [2.75, 3.05) is 6.54 Å². The first-order chi connectivity index (χ1) is 17.5. The van der Waals surface area contributed by atoms with Crippen LogP contribution < -0.4 is 0 Å². The molecule has 6 nitrogen and oxygen atoms in total. The van der Waals surface area contributed by atoms with Gasteiger partial charge in [0.1, 0.15) is 6.61 Å². The van der Waals surface area contributed by atoms with Gasteiger partial charge in [-0.25, -0.2) is 13.2 Å². The highest BCUT2D eigenvalue weighted by atomic mass is 32.2. The van der Waals surface area contributed by atoms with Crippen molar-refractivity contribution in [2.45, 2.75) is 36.8 Å². The van der Waals surface area contributed by atoms with Gasteiger partial charge < -0.3 is 14.6 Å². The normalized spacial score (nSPS) is 16.1. The van der Waals surface area contributed by atoms with E-state index >= 15 is 0 Å². The van der Waals surface area contributed by atoms with E-state index in [1.807, 2.05) is 59.6 Å². The van der Waals surface area contributed by atoms with Crippen molar-refractivity contribution in [3.05, 3.63) is 107 Å². The van der Waals surface area contributed by atoms with Crippen LogP contribution >= 0.6 is 0 Å². The first-order valence-electron chi connectivity index (χ1n) is 12.1. The lowest BCUT2D eigenvalue weighted by molar-refractivity contribution is 0.0921. The van der Waals surface area contributed by atoms with Gasteiger partial charge in [-0.1, -0.05) is 54.6 Å². The summed E-state index contributed by atoms with van der Waals surface area (Å²) in [6.07, 6.45) is 5.89. The van der Waals surface area contributed by atoms with E-state index in [0.717, 1.165) is 40.4 Å². The number of H-pyrrole nitrogens is 1. The number of sulfone groups is 1. The molecule has 0 spiro atoms.